The highest BCUT2D eigenvalue weighted by Gasteiger charge is 2.14. The first kappa shape index (κ1) is 14.6. The molecule has 0 aliphatic carbocycles. The van der Waals surface area contributed by atoms with E-state index in [9.17, 15) is 9.90 Å². The van der Waals surface area contributed by atoms with Gasteiger partial charge < -0.3 is 5.11 Å². The van der Waals surface area contributed by atoms with Gasteiger partial charge in [-0.25, -0.2) is 0 Å². The van der Waals surface area contributed by atoms with Gasteiger partial charge in [-0.05, 0) is 54.8 Å². The molecule has 3 heteroatoms. The van der Waals surface area contributed by atoms with Gasteiger partial charge in [0.2, 0.25) is 0 Å². The summed E-state index contributed by atoms with van der Waals surface area (Å²) < 4.78 is 0. The molecule has 0 aromatic heterocycles. The molecule has 1 N–H and O–H groups in total. The summed E-state index contributed by atoms with van der Waals surface area (Å²) in [6.07, 6.45) is 3.08. The summed E-state index contributed by atoms with van der Waals surface area (Å²) in [4.78, 5) is 12.4. The fourth-order valence-electron chi connectivity index (χ4n) is 2.06. The summed E-state index contributed by atoms with van der Waals surface area (Å²) in [5, 5.41) is 10.5. The largest absolute Gasteiger partial charge is 0.507 e. The smallest absolute Gasteiger partial charge is 0.196 e. The minimum Gasteiger partial charge on any atom is -0.507 e. The maximum Gasteiger partial charge on any atom is 0.196 e. The van der Waals surface area contributed by atoms with E-state index in [2.05, 4.69) is 6.92 Å². The van der Waals surface area contributed by atoms with Gasteiger partial charge in [0.05, 0.1) is 5.56 Å². The lowest BCUT2D eigenvalue weighted by Crippen LogP contribution is -2.02. The molecule has 0 spiro atoms. The average molecular weight is 289 g/mol. The van der Waals surface area contributed by atoms with Crippen molar-refractivity contribution in [1.29, 1.82) is 0 Å². The van der Waals surface area contributed by atoms with Crippen LogP contribution >= 0.6 is 11.6 Å². The van der Waals surface area contributed by atoms with Crippen molar-refractivity contribution in [3.63, 3.8) is 0 Å². The number of hydrogen-bond donors (Lipinski definition) is 1. The number of hydrogen-bond acceptors (Lipinski definition) is 2. The number of halogens is 1. The van der Waals surface area contributed by atoms with Gasteiger partial charge >= 0.3 is 0 Å². The second kappa shape index (κ2) is 6.58. The molecule has 0 unspecified atom stereocenters. The summed E-state index contributed by atoms with van der Waals surface area (Å²) in [6, 6.07) is 11.9. The number of aryl methyl sites for hydroxylation is 1. The zero-order valence-electron chi connectivity index (χ0n) is 11.4. The van der Waals surface area contributed by atoms with Gasteiger partial charge in [-0.2, -0.15) is 0 Å². The van der Waals surface area contributed by atoms with E-state index in [-0.39, 0.29) is 11.5 Å². The molecule has 0 atom stereocenters. The number of ketones is 1. The van der Waals surface area contributed by atoms with Gasteiger partial charge in [0.1, 0.15) is 5.75 Å². The number of phenols is 1. The maximum absolute atomic E-state index is 12.4. The van der Waals surface area contributed by atoms with E-state index in [4.69, 9.17) is 11.6 Å². The van der Waals surface area contributed by atoms with Crippen LogP contribution in [0.25, 0.3) is 0 Å². The van der Waals surface area contributed by atoms with E-state index in [0.717, 1.165) is 24.8 Å². The Morgan fingerprint density at radius 3 is 2.50 bits per heavy atom. The van der Waals surface area contributed by atoms with Crippen LogP contribution in [0.1, 0.15) is 41.3 Å². The molecule has 2 aromatic rings. The predicted octanol–water partition coefficient (Wildman–Crippen LogP) is 4.62. The maximum atomic E-state index is 12.4. The molecular formula is C17H17ClO2. The summed E-state index contributed by atoms with van der Waals surface area (Å²) in [5.74, 6) is -0.164. The molecule has 0 radical (unpaired) electrons. The van der Waals surface area contributed by atoms with Crippen LogP contribution in [0.3, 0.4) is 0 Å². The summed E-state index contributed by atoms with van der Waals surface area (Å²) in [7, 11) is 0. The Morgan fingerprint density at radius 2 is 1.85 bits per heavy atom. The van der Waals surface area contributed by atoms with Crippen LogP contribution in [-0.2, 0) is 6.42 Å². The zero-order chi connectivity index (χ0) is 14.5. The lowest BCUT2D eigenvalue weighted by atomic mass is 9.98. The summed E-state index contributed by atoms with van der Waals surface area (Å²) in [5.41, 5.74) is 1.94. The van der Waals surface area contributed by atoms with E-state index in [1.54, 1.807) is 36.4 Å². The van der Waals surface area contributed by atoms with E-state index in [1.165, 1.54) is 0 Å². The van der Waals surface area contributed by atoms with Crippen molar-refractivity contribution in [2.75, 3.05) is 0 Å². The molecule has 0 saturated heterocycles. The minimum atomic E-state index is -0.183. The molecule has 0 amide bonds. The lowest BCUT2D eigenvalue weighted by molar-refractivity contribution is 0.103. The molecule has 104 valence electrons. The summed E-state index contributed by atoms with van der Waals surface area (Å²) in [6.45, 7) is 2.13. The number of carbonyl (C=O) groups is 1. The zero-order valence-corrected chi connectivity index (χ0v) is 12.2. The van der Waals surface area contributed by atoms with Gasteiger partial charge in [-0.1, -0.05) is 31.0 Å². The lowest BCUT2D eigenvalue weighted by Gasteiger charge is -2.07. The first-order valence-electron chi connectivity index (χ1n) is 6.74. The number of phenolic OH excluding ortho intramolecular Hbond substituents is 1. The van der Waals surface area contributed by atoms with Gasteiger partial charge in [0, 0.05) is 10.6 Å². The van der Waals surface area contributed by atoms with Gasteiger partial charge in [0.25, 0.3) is 0 Å². The quantitative estimate of drug-likeness (QED) is 0.815. The van der Waals surface area contributed by atoms with E-state index in [0.29, 0.717) is 16.1 Å². The van der Waals surface area contributed by atoms with Gasteiger partial charge in [-0.3, -0.25) is 4.79 Å². The monoisotopic (exact) mass is 288 g/mol. The second-order valence-corrected chi connectivity index (χ2v) is 5.23. The van der Waals surface area contributed by atoms with Crippen LogP contribution in [0.2, 0.25) is 5.02 Å². The van der Waals surface area contributed by atoms with Gasteiger partial charge in [-0.15, -0.1) is 0 Å². The van der Waals surface area contributed by atoms with Crippen molar-refractivity contribution in [2.45, 2.75) is 26.2 Å². The molecule has 0 bridgehead atoms. The van der Waals surface area contributed by atoms with Crippen molar-refractivity contribution < 1.29 is 9.90 Å². The number of carbonyl (C=O) groups excluding carboxylic acids is 1. The Hall–Kier alpha value is -1.80. The molecular weight excluding hydrogens is 272 g/mol. The molecule has 20 heavy (non-hydrogen) atoms. The van der Waals surface area contributed by atoms with Crippen molar-refractivity contribution >= 4 is 17.4 Å². The molecule has 0 saturated carbocycles. The standard InChI is InChI=1S/C17H17ClO2/c1-2-3-4-12-5-10-16(19)15(11-12)17(20)13-6-8-14(18)9-7-13/h5-11,19H,2-4H2,1H3. The number of unbranched alkanes of at least 4 members (excludes halogenated alkanes) is 1. The molecule has 0 heterocycles. The Morgan fingerprint density at radius 1 is 1.15 bits per heavy atom. The second-order valence-electron chi connectivity index (χ2n) is 4.79. The van der Waals surface area contributed by atoms with Crippen LogP contribution < -0.4 is 0 Å². The first-order chi connectivity index (χ1) is 9.61. The van der Waals surface area contributed by atoms with Crippen molar-refractivity contribution in [2.24, 2.45) is 0 Å². The number of rotatable bonds is 5. The minimum absolute atomic E-state index is 0.0187. The van der Waals surface area contributed by atoms with Crippen LogP contribution in [0.15, 0.2) is 42.5 Å². The highest BCUT2D eigenvalue weighted by Crippen LogP contribution is 2.23. The number of benzene rings is 2. The van der Waals surface area contributed by atoms with Crippen molar-refractivity contribution in [3.05, 3.63) is 64.2 Å². The van der Waals surface area contributed by atoms with Crippen LogP contribution in [0, 0.1) is 0 Å². The van der Waals surface area contributed by atoms with E-state index < -0.39 is 0 Å². The fourth-order valence-corrected chi connectivity index (χ4v) is 2.18. The molecule has 2 nitrogen and oxygen atoms in total. The third-order valence-corrected chi connectivity index (χ3v) is 3.48. The Bertz CT molecular complexity index is 603. The molecule has 2 rings (SSSR count). The highest BCUT2D eigenvalue weighted by molar-refractivity contribution is 6.30. The average Bonchev–Trinajstić information content (AvgIpc) is 2.46. The Labute approximate surface area is 124 Å². The van der Waals surface area contributed by atoms with Gasteiger partial charge in [0.15, 0.2) is 5.78 Å². The van der Waals surface area contributed by atoms with Crippen LogP contribution in [0.5, 0.6) is 5.75 Å². The van der Waals surface area contributed by atoms with Crippen LogP contribution in [-0.4, -0.2) is 10.9 Å². The van der Waals surface area contributed by atoms with E-state index >= 15 is 0 Å². The van der Waals surface area contributed by atoms with E-state index in [1.807, 2.05) is 6.07 Å². The first-order valence-corrected chi connectivity index (χ1v) is 7.11. The van der Waals surface area contributed by atoms with Crippen LogP contribution in [0.4, 0.5) is 0 Å². The predicted molar refractivity (Wildman–Crippen MR) is 81.6 cm³/mol. The van der Waals surface area contributed by atoms with Crippen molar-refractivity contribution in [3.8, 4) is 5.75 Å². The number of aromatic hydroxyl groups is 1. The Balaban J connectivity index is 2.30. The SMILES string of the molecule is CCCCc1ccc(O)c(C(=O)c2ccc(Cl)cc2)c1. The topological polar surface area (TPSA) is 37.3 Å². The summed E-state index contributed by atoms with van der Waals surface area (Å²) >= 11 is 5.82. The third-order valence-electron chi connectivity index (χ3n) is 3.23. The molecule has 0 fully saturated rings. The molecule has 2 aromatic carbocycles. The fraction of sp³-hybridized carbons (Fsp3) is 0.235. The molecule has 0 aliphatic rings. The normalized spacial score (nSPS) is 10.5. The highest BCUT2D eigenvalue weighted by atomic mass is 35.5. The third kappa shape index (κ3) is 3.40. The molecule has 0 aliphatic heterocycles. The Kier molecular flexibility index (Phi) is 4.80. The van der Waals surface area contributed by atoms with Crippen molar-refractivity contribution in [1.82, 2.24) is 0 Å².